The third kappa shape index (κ3) is 7.75. The number of alkyl carbamates (subject to hydrolysis) is 1. The van der Waals surface area contributed by atoms with Crippen LogP contribution in [0.3, 0.4) is 0 Å². The fourth-order valence-corrected chi connectivity index (χ4v) is 3.11. The number of nitrogens with two attached hydrogens (primary N) is 2. The van der Waals surface area contributed by atoms with Gasteiger partial charge in [-0.15, -0.1) is 10.2 Å². The van der Waals surface area contributed by atoms with E-state index in [1.54, 1.807) is 36.4 Å². The van der Waals surface area contributed by atoms with Gasteiger partial charge in [0.2, 0.25) is 11.8 Å². The van der Waals surface area contributed by atoms with E-state index < -0.39 is 29.5 Å². The van der Waals surface area contributed by atoms with E-state index in [-0.39, 0.29) is 27.2 Å². The van der Waals surface area contributed by atoms with Crippen LogP contribution in [0.1, 0.15) is 44.4 Å². The van der Waals surface area contributed by atoms with Gasteiger partial charge in [-0.3, -0.25) is 14.0 Å². The molecule has 1 aromatic carbocycles. The number of benzene rings is 1. The van der Waals surface area contributed by atoms with Gasteiger partial charge in [0.25, 0.3) is 0 Å². The van der Waals surface area contributed by atoms with Gasteiger partial charge in [0.05, 0.1) is 31.0 Å². The average Bonchev–Trinajstić information content (AvgIpc) is 3.25. The summed E-state index contributed by atoms with van der Waals surface area (Å²) in [4.78, 5) is 35.4. The van der Waals surface area contributed by atoms with Crippen LogP contribution in [0.15, 0.2) is 48.5 Å². The summed E-state index contributed by atoms with van der Waals surface area (Å²) >= 11 is 0. The minimum atomic E-state index is -1.14. The fraction of sp³-hybridized carbons (Fsp3) is 0.375. The molecule has 36 heavy (non-hydrogen) atoms. The van der Waals surface area contributed by atoms with E-state index in [1.165, 1.54) is 0 Å². The molecule has 12 heteroatoms. The van der Waals surface area contributed by atoms with Crippen molar-refractivity contribution >= 4 is 23.6 Å². The second-order valence-electron chi connectivity index (χ2n) is 8.41. The molecule has 12 nitrogen and oxygen atoms in total. The third-order valence-electron chi connectivity index (χ3n) is 4.89. The van der Waals surface area contributed by atoms with Crippen molar-refractivity contribution in [2.24, 2.45) is 11.5 Å². The summed E-state index contributed by atoms with van der Waals surface area (Å²) in [7, 11) is 0. The predicted octanol–water partition coefficient (Wildman–Crippen LogP) is 1.19. The van der Waals surface area contributed by atoms with Crippen LogP contribution in [-0.2, 0) is 32.3 Å². The molecule has 2 aromatic heterocycles. The molecule has 6 N–H and O–H groups in total. The van der Waals surface area contributed by atoms with E-state index >= 15 is 0 Å². The Bertz CT molecular complexity index is 1170. The number of fused-ring (bicyclic) bond motifs is 1. The molecule has 0 radical (unpaired) electrons. The second-order valence-corrected chi connectivity index (χ2v) is 8.41. The van der Waals surface area contributed by atoms with Crippen molar-refractivity contribution in [3.8, 4) is 0 Å². The van der Waals surface area contributed by atoms with Crippen molar-refractivity contribution in [2.45, 2.75) is 46.1 Å². The number of rotatable bonds is 11. The smallest absolute Gasteiger partial charge is 0.407 e. The fourth-order valence-electron chi connectivity index (χ4n) is 3.11. The highest BCUT2D eigenvalue weighted by molar-refractivity contribution is 5.85. The topological polar surface area (TPSA) is 176 Å². The minimum Gasteiger partial charge on any atom is -0.443 e. The third-order valence-corrected chi connectivity index (χ3v) is 4.89. The van der Waals surface area contributed by atoms with Gasteiger partial charge in [-0.05, 0) is 31.5 Å². The number of nitrogens with zero attached hydrogens (tertiary/aromatic N) is 3. The maximum atomic E-state index is 12.7. The van der Waals surface area contributed by atoms with Crippen LogP contribution in [0.25, 0.3) is 5.65 Å². The van der Waals surface area contributed by atoms with Gasteiger partial charge in [-0.25, -0.2) is 4.79 Å². The van der Waals surface area contributed by atoms with E-state index in [0.29, 0.717) is 23.8 Å². The Morgan fingerprint density at radius 3 is 2.44 bits per heavy atom. The number of carbonyl (C=O) groups is 3. The van der Waals surface area contributed by atoms with Crippen LogP contribution in [0, 0.1) is 0 Å². The van der Waals surface area contributed by atoms with Crippen molar-refractivity contribution in [1.82, 2.24) is 25.2 Å². The summed E-state index contributed by atoms with van der Waals surface area (Å²) in [5.41, 5.74) is 11.9. The molecular weight excluding hydrogens is 466 g/mol. The number of carbonyl (C=O) groups excluding carboxylic acids is 3. The number of pyridine rings is 1. The normalized spacial score (nSPS) is 11.9. The first-order chi connectivity index (χ1) is 16.6. The van der Waals surface area contributed by atoms with E-state index in [2.05, 4.69) is 20.8 Å². The van der Waals surface area contributed by atoms with E-state index in [1.807, 2.05) is 30.3 Å². The highest BCUT2D eigenvalue weighted by Crippen LogP contribution is 2.18. The highest BCUT2D eigenvalue weighted by atomic mass is 16.5. The Morgan fingerprint density at radius 1 is 1.06 bits per heavy atom. The van der Waals surface area contributed by atoms with Crippen molar-refractivity contribution in [3.63, 3.8) is 0 Å². The number of primary amides is 1. The Balaban J connectivity index is 0.00000456. The summed E-state index contributed by atoms with van der Waals surface area (Å²) in [6, 6.07) is 14.1. The van der Waals surface area contributed by atoms with E-state index in [4.69, 9.17) is 20.9 Å². The highest BCUT2D eigenvalue weighted by Gasteiger charge is 2.28. The van der Waals surface area contributed by atoms with Gasteiger partial charge < -0.3 is 31.6 Å². The van der Waals surface area contributed by atoms with Crippen molar-refractivity contribution in [1.29, 1.82) is 0 Å². The summed E-state index contributed by atoms with van der Waals surface area (Å²) < 4.78 is 12.7. The lowest BCUT2D eigenvalue weighted by Crippen LogP contribution is -2.51. The molecule has 1 atom stereocenters. The van der Waals surface area contributed by atoms with Gasteiger partial charge >= 0.3 is 6.09 Å². The summed E-state index contributed by atoms with van der Waals surface area (Å²) in [5.74, 6) is -0.716. The van der Waals surface area contributed by atoms with Crippen molar-refractivity contribution < 1.29 is 23.9 Å². The Kier molecular flexibility index (Phi) is 9.88. The molecule has 0 unspecified atom stereocenters. The molecular formula is C24H33N7O5. The zero-order valence-corrected chi connectivity index (χ0v) is 19.6. The first kappa shape index (κ1) is 28.2. The first-order valence-corrected chi connectivity index (χ1v) is 10.9. The average molecular weight is 500 g/mol. The number of hydrogen-bond donors (Lipinski definition) is 4. The maximum absolute atomic E-state index is 12.7. The zero-order chi connectivity index (χ0) is 25.4. The molecule has 0 bridgehead atoms. The number of aromatic nitrogens is 3. The standard InChI is InChI=1S/C23H29N7O5.CH4/c1-23(2,25)21(32)27-17(14-34-12-15-7-4-3-5-8-15)20-29-28-19-10-6-9-16(30(19)20)13-35-22(33)26-11-18(24)31;/h3-10,17H,11-14,25H2,1-2H3,(H2,24,31)(H,26,33)(H,27,32);1H4/t17-;/m1./s1. The molecule has 0 fully saturated rings. The molecule has 0 spiro atoms. The van der Waals surface area contributed by atoms with Crippen LogP contribution in [0.2, 0.25) is 0 Å². The summed E-state index contributed by atoms with van der Waals surface area (Å²) in [5, 5.41) is 13.6. The monoisotopic (exact) mass is 499 g/mol. The van der Waals surface area contributed by atoms with E-state index in [0.717, 1.165) is 5.56 Å². The van der Waals surface area contributed by atoms with Crippen LogP contribution in [-0.4, -0.2) is 51.2 Å². The Labute approximate surface area is 209 Å². The van der Waals surface area contributed by atoms with Gasteiger partial charge in [-0.1, -0.05) is 43.8 Å². The zero-order valence-electron chi connectivity index (χ0n) is 19.6. The molecule has 0 saturated carbocycles. The lowest BCUT2D eigenvalue weighted by molar-refractivity contribution is -0.126. The van der Waals surface area contributed by atoms with E-state index in [9.17, 15) is 14.4 Å². The molecule has 2 heterocycles. The Morgan fingerprint density at radius 2 is 1.78 bits per heavy atom. The quantitative estimate of drug-likeness (QED) is 0.304. The molecule has 3 aromatic rings. The lowest BCUT2D eigenvalue weighted by Gasteiger charge is -2.24. The van der Waals surface area contributed by atoms with Crippen LogP contribution < -0.4 is 22.1 Å². The molecule has 194 valence electrons. The maximum Gasteiger partial charge on any atom is 0.407 e. The molecule has 3 amide bonds. The minimum absolute atomic E-state index is 0. The van der Waals surface area contributed by atoms with Crippen LogP contribution >= 0.6 is 0 Å². The molecule has 0 aliphatic heterocycles. The van der Waals surface area contributed by atoms with Gasteiger partial charge in [-0.2, -0.15) is 0 Å². The van der Waals surface area contributed by atoms with Gasteiger partial charge in [0.1, 0.15) is 12.6 Å². The van der Waals surface area contributed by atoms with Crippen LogP contribution in [0.5, 0.6) is 0 Å². The van der Waals surface area contributed by atoms with Gasteiger partial charge in [0.15, 0.2) is 11.5 Å². The Hall–Kier alpha value is -4.03. The number of amides is 3. The van der Waals surface area contributed by atoms with Crippen molar-refractivity contribution in [3.05, 3.63) is 65.6 Å². The molecule has 0 aliphatic carbocycles. The largest absolute Gasteiger partial charge is 0.443 e. The number of ether oxygens (including phenoxy) is 2. The second kappa shape index (κ2) is 12.6. The predicted molar refractivity (Wildman–Crippen MR) is 132 cm³/mol. The van der Waals surface area contributed by atoms with Gasteiger partial charge in [0, 0.05) is 0 Å². The molecule has 0 aliphatic rings. The number of nitrogens with one attached hydrogen (secondary N) is 2. The first-order valence-electron chi connectivity index (χ1n) is 10.9. The van der Waals surface area contributed by atoms with Crippen LogP contribution in [0.4, 0.5) is 4.79 Å². The SMILES string of the molecule is C.CC(C)(N)C(=O)N[C@H](COCc1ccccc1)c1nnc2cccc(COC(=O)NCC(N)=O)n12. The summed E-state index contributed by atoms with van der Waals surface area (Å²) in [6.45, 7) is 3.10. The number of hydrogen-bond acceptors (Lipinski definition) is 8. The summed E-state index contributed by atoms with van der Waals surface area (Å²) in [6.07, 6.45) is -0.809. The molecule has 3 rings (SSSR count). The molecule has 0 saturated heterocycles. The van der Waals surface area contributed by atoms with Crippen molar-refractivity contribution in [2.75, 3.05) is 13.2 Å². The lowest BCUT2D eigenvalue weighted by atomic mass is 10.1.